The van der Waals surface area contributed by atoms with Gasteiger partial charge in [0, 0.05) is 29.4 Å². The molecule has 0 aliphatic heterocycles. The highest BCUT2D eigenvalue weighted by Crippen LogP contribution is 2.33. The molecule has 0 amide bonds. The van der Waals surface area contributed by atoms with Crippen molar-refractivity contribution >= 4 is 17.2 Å². The summed E-state index contributed by atoms with van der Waals surface area (Å²) in [6.45, 7) is 2.07. The normalized spacial score (nSPS) is 10.4. The smallest absolute Gasteiger partial charge is 0.312 e. The Morgan fingerprint density at radius 2 is 1.96 bits per heavy atom. The third-order valence-corrected chi connectivity index (χ3v) is 3.83. The minimum absolute atomic E-state index is 0.152. The van der Waals surface area contributed by atoms with Gasteiger partial charge in [0.1, 0.15) is 23.7 Å². The fraction of sp³-hybridized carbons (Fsp3) is 0.158. The molecule has 0 atom stereocenters. The third kappa shape index (κ3) is 4.14. The Morgan fingerprint density at radius 1 is 1.14 bits per heavy atom. The summed E-state index contributed by atoms with van der Waals surface area (Å²) in [7, 11) is 1.44. The molecular formula is C19H17FN4O4. The van der Waals surface area contributed by atoms with E-state index in [0.29, 0.717) is 35.1 Å². The van der Waals surface area contributed by atoms with E-state index in [2.05, 4.69) is 15.3 Å². The maximum atomic E-state index is 13.4. The molecule has 0 radical (unpaired) electrons. The molecule has 9 heteroatoms. The highest BCUT2D eigenvalue weighted by atomic mass is 19.1. The van der Waals surface area contributed by atoms with Gasteiger partial charge in [-0.05, 0) is 31.2 Å². The second-order valence-electron chi connectivity index (χ2n) is 5.63. The van der Waals surface area contributed by atoms with Crippen molar-refractivity contribution < 1.29 is 18.8 Å². The number of hydrogen-bond acceptors (Lipinski definition) is 7. The van der Waals surface area contributed by atoms with Crippen LogP contribution in [0.2, 0.25) is 0 Å². The third-order valence-electron chi connectivity index (χ3n) is 3.83. The lowest BCUT2D eigenvalue weighted by atomic mass is 10.1. The molecule has 1 N–H and O–H groups in total. The highest BCUT2D eigenvalue weighted by molar-refractivity contribution is 5.71. The van der Waals surface area contributed by atoms with Crippen LogP contribution in [0.4, 0.5) is 21.6 Å². The van der Waals surface area contributed by atoms with Crippen LogP contribution in [0.3, 0.4) is 0 Å². The Balaban J connectivity index is 1.92. The van der Waals surface area contributed by atoms with Crippen molar-refractivity contribution in [3.63, 3.8) is 0 Å². The molecule has 3 aromatic rings. The predicted molar refractivity (Wildman–Crippen MR) is 102 cm³/mol. The molecule has 8 nitrogen and oxygen atoms in total. The van der Waals surface area contributed by atoms with Gasteiger partial charge in [0.05, 0.1) is 24.3 Å². The summed E-state index contributed by atoms with van der Waals surface area (Å²) in [6.07, 6.45) is 1.34. The quantitative estimate of drug-likeness (QED) is 0.478. The van der Waals surface area contributed by atoms with Crippen molar-refractivity contribution in [2.24, 2.45) is 0 Å². The van der Waals surface area contributed by atoms with Crippen LogP contribution >= 0.6 is 0 Å². The number of hydrogen-bond donors (Lipinski definition) is 1. The largest absolute Gasteiger partial charge is 0.496 e. The van der Waals surface area contributed by atoms with E-state index in [1.165, 1.54) is 37.7 Å². The summed E-state index contributed by atoms with van der Waals surface area (Å²) in [5.41, 5.74) is 1.41. The summed E-state index contributed by atoms with van der Waals surface area (Å²) < 4.78 is 23.9. The zero-order chi connectivity index (χ0) is 20.1. The molecule has 144 valence electrons. The van der Waals surface area contributed by atoms with Gasteiger partial charge in [-0.2, -0.15) is 0 Å². The molecule has 0 saturated heterocycles. The maximum absolute atomic E-state index is 13.4. The molecule has 0 bridgehead atoms. The van der Waals surface area contributed by atoms with Crippen LogP contribution < -0.4 is 14.8 Å². The molecule has 0 aliphatic rings. The zero-order valence-corrected chi connectivity index (χ0v) is 15.2. The Hall–Kier alpha value is -3.75. The van der Waals surface area contributed by atoms with Gasteiger partial charge in [0.15, 0.2) is 5.75 Å². The number of benzene rings is 2. The van der Waals surface area contributed by atoms with Crippen molar-refractivity contribution in [1.82, 2.24) is 9.97 Å². The minimum Gasteiger partial charge on any atom is -0.496 e. The van der Waals surface area contributed by atoms with Crippen LogP contribution in [-0.2, 0) is 0 Å². The van der Waals surface area contributed by atoms with Crippen LogP contribution in [0.15, 0.2) is 48.8 Å². The number of nitrogens with zero attached hydrogens (tertiary/aromatic N) is 3. The van der Waals surface area contributed by atoms with Crippen LogP contribution in [0.1, 0.15) is 6.92 Å². The lowest BCUT2D eigenvalue weighted by Gasteiger charge is -2.11. The summed E-state index contributed by atoms with van der Waals surface area (Å²) in [5.74, 6) is 0.517. The number of anilines is 2. The number of nitro benzene ring substituents is 1. The lowest BCUT2D eigenvalue weighted by molar-refractivity contribution is -0.385. The average molecular weight is 384 g/mol. The maximum Gasteiger partial charge on any atom is 0.312 e. The molecule has 28 heavy (non-hydrogen) atoms. The lowest BCUT2D eigenvalue weighted by Crippen LogP contribution is -2.00. The van der Waals surface area contributed by atoms with Gasteiger partial charge in [0.25, 0.3) is 0 Å². The average Bonchev–Trinajstić information content (AvgIpc) is 2.69. The Labute approximate surface area is 160 Å². The molecule has 3 rings (SSSR count). The van der Waals surface area contributed by atoms with E-state index in [4.69, 9.17) is 9.47 Å². The first-order chi connectivity index (χ1) is 13.5. The number of rotatable bonds is 7. The molecule has 0 aliphatic carbocycles. The summed E-state index contributed by atoms with van der Waals surface area (Å²) in [6, 6.07) is 10.3. The van der Waals surface area contributed by atoms with Gasteiger partial charge >= 0.3 is 5.69 Å². The van der Waals surface area contributed by atoms with E-state index in [1.54, 1.807) is 25.1 Å². The first kappa shape index (κ1) is 19.0. The molecule has 1 heterocycles. The minimum atomic E-state index is -0.509. The standard InChI is InChI=1S/C19H17FN4O4/c1-3-28-17-7-5-13(9-16(17)24(25)26)23-19-10-15(21-11-22-19)14-6-4-12(20)8-18(14)27-2/h4-11H,3H2,1-2H3,(H,21,22,23). The molecule has 0 unspecified atom stereocenters. The Kier molecular flexibility index (Phi) is 5.64. The van der Waals surface area contributed by atoms with E-state index >= 15 is 0 Å². The fourth-order valence-corrected chi connectivity index (χ4v) is 2.61. The van der Waals surface area contributed by atoms with E-state index in [9.17, 15) is 14.5 Å². The van der Waals surface area contributed by atoms with Crippen molar-refractivity contribution in [3.8, 4) is 22.8 Å². The zero-order valence-electron chi connectivity index (χ0n) is 15.2. The SMILES string of the molecule is CCOc1ccc(Nc2cc(-c3ccc(F)cc3OC)ncn2)cc1[N+](=O)[O-]. The molecule has 2 aromatic carbocycles. The first-order valence-electron chi connectivity index (χ1n) is 8.36. The van der Waals surface area contributed by atoms with Gasteiger partial charge in [-0.15, -0.1) is 0 Å². The number of aromatic nitrogens is 2. The predicted octanol–water partition coefficient (Wildman–Crippen LogP) is 4.34. The second-order valence-corrected chi connectivity index (χ2v) is 5.63. The molecular weight excluding hydrogens is 367 g/mol. The van der Waals surface area contributed by atoms with Crippen molar-refractivity contribution in [2.45, 2.75) is 6.92 Å². The number of nitrogens with one attached hydrogen (secondary N) is 1. The van der Waals surface area contributed by atoms with E-state index in [1.807, 2.05) is 0 Å². The number of methoxy groups -OCH3 is 1. The van der Waals surface area contributed by atoms with Crippen LogP contribution in [-0.4, -0.2) is 28.6 Å². The summed E-state index contributed by atoms with van der Waals surface area (Å²) in [4.78, 5) is 19.1. The second kappa shape index (κ2) is 8.30. The van der Waals surface area contributed by atoms with Gasteiger partial charge in [0.2, 0.25) is 0 Å². The summed E-state index contributed by atoms with van der Waals surface area (Å²) in [5, 5.41) is 14.3. The molecule has 0 fully saturated rings. The fourth-order valence-electron chi connectivity index (χ4n) is 2.61. The number of ether oxygens (including phenoxy) is 2. The Morgan fingerprint density at radius 3 is 2.68 bits per heavy atom. The monoisotopic (exact) mass is 384 g/mol. The highest BCUT2D eigenvalue weighted by Gasteiger charge is 2.16. The Bertz CT molecular complexity index is 1010. The van der Waals surface area contributed by atoms with Gasteiger partial charge in [-0.25, -0.2) is 14.4 Å². The molecule has 0 saturated carbocycles. The van der Waals surface area contributed by atoms with Crippen molar-refractivity contribution in [2.75, 3.05) is 19.0 Å². The van der Waals surface area contributed by atoms with E-state index < -0.39 is 10.7 Å². The van der Waals surface area contributed by atoms with Crippen molar-refractivity contribution in [1.29, 1.82) is 0 Å². The number of nitro groups is 1. The van der Waals surface area contributed by atoms with Gasteiger partial charge < -0.3 is 14.8 Å². The first-order valence-corrected chi connectivity index (χ1v) is 8.36. The summed E-state index contributed by atoms with van der Waals surface area (Å²) >= 11 is 0. The van der Waals surface area contributed by atoms with E-state index in [0.717, 1.165) is 0 Å². The van der Waals surface area contributed by atoms with Crippen LogP contribution in [0.25, 0.3) is 11.3 Å². The van der Waals surface area contributed by atoms with Crippen LogP contribution in [0, 0.1) is 15.9 Å². The number of halogens is 1. The van der Waals surface area contributed by atoms with E-state index in [-0.39, 0.29) is 11.4 Å². The molecule has 1 aromatic heterocycles. The van der Waals surface area contributed by atoms with Crippen molar-refractivity contribution in [3.05, 3.63) is 64.7 Å². The van der Waals surface area contributed by atoms with Gasteiger partial charge in [-0.3, -0.25) is 10.1 Å². The molecule has 0 spiro atoms. The topological polar surface area (TPSA) is 99.4 Å². The van der Waals surface area contributed by atoms with Gasteiger partial charge in [-0.1, -0.05) is 0 Å². The van der Waals surface area contributed by atoms with Crippen LogP contribution in [0.5, 0.6) is 11.5 Å².